The summed E-state index contributed by atoms with van der Waals surface area (Å²) in [5.74, 6) is 0.611. The molecule has 0 spiro atoms. The molecule has 0 radical (unpaired) electrons. The van der Waals surface area contributed by atoms with Gasteiger partial charge in [0.05, 0.1) is 16.9 Å². The first-order valence-electron chi connectivity index (χ1n) is 5.32. The number of nitrogens with zero attached hydrogens (tertiary/aromatic N) is 1. The minimum atomic E-state index is -0.353. The van der Waals surface area contributed by atoms with Gasteiger partial charge in [0, 0.05) is 18.0 Å². The normalized spacial score (nSPS) is 12.7. The van der Waals surface area contributed by atoms with E-state index < -0.39 is 0 Å². The van der Waals surface area contributed by atoms with Crippen LogP contribution in [-0.4, -0.2) is 16.5 Å². The predicted octanol–water partition coefficient (Wildman–Crippen LogP) is 2.93. The Morgan fingerprint density at radius 3 is 2.94 bits per heavy atom. The monoisotopic (exact) mass is 253 g/mol. The number of nitrogens with one attached hydrogen (secondary N) is 1. The van der Waals surface area contributed by atoms with Gasteiger partial charge in [-0.15, -0.1) is 0 Å². The molecule has 1 aromatic heterocycles. The van der Waals surface area contributed by atoms with Crippen LogP contribution in [0.1, 0.15) is 18.7 Å². The Morgan fingerprint density at radius 1 is 1.53 bits per heavy atom. The second-order valence-electron chi connectivity index (χ2n) is 3.94. The Morgan fingerprint density at radius 2 is 2.29 bits per heavy atom. The number of nitrogens with two attached hydrogens (primary N) is 1. The molecule has 3 N–H and O–H groups in total. The van der Waals surface area contributed by atoms with E-state index in [4.69, 9.17) is 17.3 Å². The van der Waals surface area contributed by atoms with E-state index >= 15 is 0 Å². The maximum Gasteiger partial charge on any atom is 0.124 e. The van der Waals surface area contributed by atoms with E-state index in [1.54, 1.807) is 12.3 Å². The number of rotatable bonds is 3. The summed E-state index contributed by atoms with van der Waals surface area (Å²) in [6.45, 7) is 2.50. The summed E-state index contributed by atoms with van der Waals surface area (Å²) in [5.41, 5.74) is 7.07. The van der Waals surface area contributed by atoms with Crippen molar-refractivity contribution in [3.63, 3.8) is 0 Å². The van der Waals surface area contributed by atoms with E-state index in [-0.39, 0.29) is 11.7 Å². The molecule has 90 valence electrons. The molecule has 1 heterocycles. The highest BCUT2D eigenvalue weighted by atomic mass is 35.5. The van der Waals surface area contributed by atoms with Gasteiger partial charge in [-0.25, -0.2) is 9.37 Å². The Balaban J connectivity index is 2.37. The van der Waals surface area contributed by atoms with Gasteiger partial charge in [0.2, 0.25) is 0 Å². The number of hydrogen-bond donors (Lipinski definition) is 2. The molecule has 2 aromatic rings. The molecular weight excluding hydrogens is 241 g/mol. The number of aromatic nitrogens is 2. The zero-order valence-electron chi connectivity index (χ0n) is 9.37. The van der Waals surface area contributed by atoms with E-state index in [1.807, 2.05) is 6.92 Å². The molecule has 0 amide bonds. The second-order valence-corrected chi connectivity index (χ2v) is 4.35. The van der Waals surface area contributed by atoms with Crippen molar-refractivity contribution >= 4 is 11.6 Å². The third-order valence-corrected chi connectivity index (χ3v) is 2.95. The fourth-order valence-corrected chi connectivity index (χ4v) is 1.81. The summed E-state index contributed by atoms with van der Waals surface area (Å²) < 4.78 is 12.9. The van der Waals surface area contributed by atoms with Crippen molar-refractivity contribution < 1.29 is 4.39 Å². The largest absolute Gasteiger partial charge is 0.342 e. The molecule has 0 aliphatic carbocycles. The lowest BCUT2D eigenvalue weighted by Gasteiger charge is -2.04. The lowest BCUT2D eigenvalue weighted by molar-refractivity contribution is 0.628. The van der Waals surface area contributed by atoms with Crippen LogP contribution in [0.3, 0.4) is 0 Å². The van der Waals surface area contributed by atoms with Crippen molar-refractivity contribution in [3.05, 3.63) is 41.1 Å². The summed E-state index contributed by atoms with van der Waals surface area (Å²) in [7, 11) is 0. The summed E-state index contributed by atoms with van der Waals surface area (Å²) in [4.78, 5) is 7.38. The van der Waals surface area contributed by atoms with Gasteiger partial charge in [-0.05, 0) is 18.2 Å². The molecule has 5 heteroatoms. The van der Waals surface area contributed by atoms with Crippen molar-refractivity contribution in [2.24, 2.45) is 5.73 Å². The van der Waals surface area contributed by atoms with Crippen LogP contribution >= 0.6 is 11.6 Å². The van der Waals surface area contributed by atoms with Gasteiger partial charge in [-0.3, -0.25) is 0 Å². The molecule has 0 aliphatic heterocycles. The van der Waals surface area contributed by atoms with Crippen LogP contribution in [0.5, 0.6) is 0 Å². The smallest absolute Gasteiger partial charge is 0.124 e. The number of aromatic amines is 1. The summed E-state index contributed by atoms with van der Waals surface area (Å²) in [6, 6.07) is 4.28. The van der Waals surface area contributed by atoms with Crippen LogP contribution < -0.4 is 5.73 Å². The number of halogens is 2. The third kappa shape index (κ3) is 2.48. The molecule has 1 atom stereocenters. The van der Waals surface area contributed by atoms with Crippen molar-refractivity contribution in [1.29, 1.82) is 0 Å². The van der Waals surface area contributed by atoms with E-state index in [2.05, 4.69) is 9.97 Å². The Bertz CT molecular complexity index is 524. The van der Waals surface area contributed by atoms with Gasteiger partial charge in [0.25, 0.3) is 0 Å². The number of hydrogen-bond acceptors (Lipinski definition) is 2. The Hall–Kier alpha value is -1.39. The molecule has 1 unspecified atom stereocenters. The van der Waals surface area contributed by atoms with Crippen LogP contribution in [0, 0.1) is 5.82 Å². The predicted molar refractivity (Wildman–Crippen MR) is 66.5 cm³/mol. The molecular formula is C12H13ClFN3. The molecule has 2 rings (SSSR count). The first-order valence-corrected chi connectivity index (χ1v) is 5.70. The third-order valence-electron chi connectivity index (χ3n) is 2.64. The topological polar surface area (TPSA) is 54.7 Å². The molecule has 0 bridgehead atoms. The average Bonchev–Trinajstić information content (AvgIpc) is 2.77. The fraction of sp³-hybridized carbons (Fsp3) is 0.250. The van der Waals surface area contributed by atoms with Gasteiger partial charge >= 0.3 is 0 Å². The highest BCUT2D eigenvalue weighted by molar-refractivity contribution is 6.33. The van der Waals surface area contributed by atoms with Crippen molar-refractivity contribution in [3.8, 4) is 11.3 Å². The standard InChI is InChI=1S/C12H13ClFN3/c1-7(5-15)12-16-6-11(17-12)9-3-2-8(14)4-10(9)13/h2-4,6-7H,5,15H2,1H3,(H,16,17). The number of H-pyrrole nitrogens is 1. The molecule has 1 aromatic carbocycles. The SMILES string of the molecule is CC(CN)c1ncc(-c2ccc(F)cc2Cl)[nH]1. The highest BCUT2D eigenvalue weighted by Gasteiger charge is 2.11. The Kier molecular flexibility index (Phi) is 3.45. The van der Waals surface area contributed by atoms with Crippen molar-refractivity contribution in [2.45, 2.75) is 12.8 Å². The van der Waals surface area contributed by atoms with Crippen LogP contribution in [0.2, 0.25) is 5.02 Å². The van der Waals surface area contributed by atoms with Gasteiger partial charge in [0.15, 0.2) is 0 Å². The first kappa shape index (κ1) is 12.1. The van der Waals surface area contributed by atoms with Crippen molar-refractivity contribution in [2.75, 3.05) is 6.54 Å². The quantitative estimate of drug-likeness (QED) is 0.884. The molecule has 0 saturated heterocycles. The van der Waals surface area contributed by atoms with Crippen LogP contribution in [-0.2, 0) is 0 Å². The van der Waals surface area contributed by atoms with E-state index in [0.717, 1.165) is 17.1 Å². The lowest BCUT2D eigenvalue weighted by atomic mass is 10.1. The first-order chi connectivity index (χ1) is 8.11. The second kappa shape index (κ2) is 4.85. The van der Waals surface area contributed by atoms with Gasteiger partial charge in [0.1, 0.15) is 11.6 Å². The maximum atomic E-state index is 12.9. The number of benzene rings is 1. The van der Waals surface area contributed by atoms with E-state index in [9.17, 15) is 4.39 Å². The zero-order chi connectivity index (χ0) is 12.4. The zero-order valence-corrected chi connectivity index (χ0v) is 10.1. The average molecular weight is 254 g/mol. The van der Waals surface area contributed by atoms with Gasteiger partial charge in [-0.2, -0.15) is 0 Å². The lowest BCUT2D eigenvalue weighted by Crippen LogP contribution is -2.10. The Labute approximate surface area is 104 Å². The number of imidazole rings is 1. The van der Waals surface area contributed by atoms with E-state index in [0.29, 0.717) is 11.6 Å². The molecule has 0 fully saturated rings. The minimum absolute atomic E-state index is 0.156. The molecule has 0 aliphatic rings. The van der Waals surface area contributed by atoms with Gasteiger partial charge < -0.3 is 10.7 Å². The summed E-state index contributed by atoms with van der Waals surface area (Å²) >= 11 is 5.97. The van der Waals surface area contributed by atoms with Crippen molar-refractivity contribution in [1.82, 2.24) is 9.97 Å². The maximum absolute atomic E-state index is 12.9. The molecule has 17 heavy (non-hydrogen) atoms. The summed E-state index contributed by atoms with van der Waals surface area (Å²) in [6.07, 6.45) is 1.68. The van der Waals surface area contributed by atoms with Crippen LogP contribution in [0.25, 0.3) is 11.3 Å². The van der Waals surface area contributed by atoms with E-state index in [1.165, 1.54) is 12.1 Å². The van der Waals surface area contributed by atoms with Crippen LogP contribution in [0.4, 0.5) is 4.39 Å². The highest BCUT2D eigenvalue weighted by Crippen LogP contribution is 2.27. The molecule has 3 nitrogen and oxygen atoms in total. The summed E-state index contributed by atoms with van der Waals surface area (Å²) in [5, 5.41) is 0.362. The molecule has 0 saturated carbocycles. The van der Waals surface area contributed by atoms with Crippen LogP contribution in [0.15, 0.2) is 24.4 Å². The fourth-order valence-electron chi connectivity index (χ4n) is 1.54. The van der Waals surface area contributed by atoms with Gasteiger partial charge in [-0.1, -0.05) is 18.5 Å². The minimum Gasteiger partial charge on any atom is -0.342 e.